The molecule has 1 aromatic heterocycles. The van der Waals surface area contributed by atoms with Gasteiger partial charge in [0.2, 0.25) is 0 Å². The van der Waals surface area contributed by atoms with Crippen molar-refractivity contribution >= 4 is 23.1 Å². The Balaban J connectivity index is 2.06. The van der Waals surface area contributed by atoms with Crippen LogP contribution in [0.3, 0.4) is 0 Å². The maximum atomic E-state index is 12.0. The van der Waals surface area contributed by atoms with Gasteiger partial charge < -0.3 is 15.0 Å². The smallest absolute Gasteiger partial charge is 0.410 e. The molecule has 0 saturated carbocycles. The Morgan fingerprint density at radius 1 is 1.53 bits per heavy atom. The van der Waals surface area contributed by atoms with E-state index in [1.165, 1.54) is 4.88 Å². The number of carbonyl (C=O) groups excluding carboxylic acids is 1. The number of amides is 1. The number of carbonyl (C=O) groups is 1. The molecule has 1 aliphatic heterocycles. The predicted molar refractivity (Wildman–Crippen MR) is 69.5 cm³/mol. The topological polar surface area (TPSA) is 41.6 Å². The van der Waals surface area contributed by atoms with E-state index in [4.69, 9.17) is 4.74 Å². The van der Waals surface area contributed by atoms with E-state index >= 15 is 0 Å². The van der Waals surface area contributed by atoms with E-state index in [2.05, 4.69) is 11.4 Å². The minimum Gasteiger partial charge on any atom is -0.444 e. The second-order valence-electron chi connectivity index (χ2n) is 5.09. The molecule has 94 valence electrons. The first-order valence-corrected chi connectivity index (χ1v) is 6.62. The average Bonchev–Trinajstić information content (AvgIpc) is 2.53. The number of nitrogens with one attached hydrogen (secondary N) is 1. The molecular formula is C12H18N2O2S. The highest BCUT2D eigenvalue weighted by Crippen LogP contribution is 2.26. The maximum Gasteiger partial charge on any atom is 0.410 e. The summed E-state index contributed by atoms with van der Waals surface area (Å²) >= 11 is 1.67. The fourth-order valence-electron chi connectivity index (χ4n) is 1.68. The molecule has 0 atom stereocenters. The standard InChI is InChI=1S/C12H18N2O2S/c1-12(2,3)16-11(15)14-6-5-13-9-4-7-17-10(9)8-14/h4,7,13H,5-6,8H2,1-3H3. The van der Waals surface area contributed by atoms with Gasteiger partial charge in [-0.1, -0.05) is 0 Å². The van der Waals surface area contributed by atoms with Gasteiger partial charge in [-0.3, -0.25) is 0 Å². The van der Waals surface area contributed by atoms with Crippen molar-refractivity contribution in [2.75, 3.05) is 18.4 Å². The normalized spacial score (nSPS) is 15.8. The molecule has 0 aliphatic carbocycles. The number of rotatable bonds is 0. The molecule has 4 nitrogen and oxygen atoms in total. The van der Waals surface area contributed by atoms with Gasteiger partial charge in [0, 0.05) is 18.0 Å². The van der Waals surface area contributed by atoms with Crippen LogP contribution in [0.1, 0.15) is 25.6 Å². The van der Waals surface area contributed by atoms with E-state index in [9.17, 15) is 4.79 Å². The molecule has 1 amide bonds. The van der Waals surface area contributed by atoms with Crippen molar-refractivity contribution in [1.82, 2.24) is 4.90 Å². The third-order valence-corrected chi connectivity index (χ3v) is 3.33. The summed E-state index contributed by atoms with van der Waals surface area (Å²) in [7, 11) is 0. The molecule has 5 heteroatoms. The van der Waals surface area contributed by atoms with Gasteiger partial charge in [-0.2, -0.15) is 0 Å². The van der Waals surface area contributed by atoms with Gasteiger partial charge >= 0.3 is 6.09 Å². The Hall–Kier alpha value is -1.23. The first kappa shape index (κ1) is 12.2. The van der Waals surface area contributed by atoms with E-state index in [0.717, 1.165) is 12.2 Å². The van der Waals surface area contributed by atoms with Crippen LogP contribution in [0.2, 0.25) is 0 Å². The summed E-state index contributed by atoms with van der Waals surface area (Å²) < 4.78 is 5.39. The molecule has 0 fully saturated rings. The second kappa shape index (κ2) is 4.56. The number of fused-ring (bicyclic) bond motifs is 1. The lowest BCUT2D eigenvalue weighted by Crippen LogP contribution is -2.37. The van der Waals surface area contributed by atoms with Gasteiger partial charge in [0.25, 0.3) is 0 Å². The number of anilines is 1. The monoisotopic (exact) mass is 254 g/mol. The predicted octanol–water partition coefficient (Wildman–Crippen LogP) is 2.91. The van der Waals surface area contributed by atoms with Crippen LogP contribution in [0.5, 0.6) is 0 Å². The molecule has 0 spiro atoms. The van der Waals surface area contributed by atoms with E-state index in [-0.39, 0.29) is 6.09 Å². The van der Waals surface area contributed by atoms with Crippen LogP contribution < -0.4 is 5.32 Å². The highest BCUT2D eigenvalue weighted by molar-refractivity contribution is 7.10. The van der Waals surface area contributed by atoms with Crippen LogP contribution in [0, 0.1) is 0 Å². The summed E-state index contributed by atoms with van der Waals surface area (Å²) in [6.07, 6.45) is -0.236. The summed E-state index contributed by atoms with van der Waals surface area (Å²) in [4.78, 5) is 14.9. The Kier molecular flexibility index (Phi) is 3.28. The number of thiophene rings is 1. The van der Waals surface area contributed by atoms with Crippen LogP contribution in [-0.2, 0) is 11.3 Å². The number of nitrogens with zero attached hydrogens (tertiary/aromatic N) is 1. The first-order valence-electron chi connectivity index (χ1n) is 5.74. The van der Waals surface area contributed by atoms with Crippen LogP contribution in [0.4, 0.5) is 10.5 Å². The fourth-order valence-corrected chi connectivity index (χ4v) is 2.55. The van der Waals surface area contributed by atoms with E-state index < -0.39 is 5.60 Å². The van der Waals surface area contributed by atoms with Crippen LogP contribution in [0.15, 0.2) is 11.4 Å². The molecule has 0 aromatic carbocycles. The minimum absolute atomic E-state index is 0.236. The number of ether oxygens (including phenoxy) is 1. The zero-order valence-corrected chi connectivity index (χ0v) is 11.3. The van der Waals surface area contributed by atoms with Gasteiger partial charge in [-0.05, 0) is 32.2 Å². The molecule has 1 N–H and O–H groups in total. The molecule has 2 heterocycles. The van der Waals surface area contributed by atoms with Crippen molar-refractivity contribution < 1.29 is 9.53 Å². The van der Waals surface area contributed by atoms with Gasteiger partial charge in [-0.15, -0.1) is 11.3 Å². The molecule has 0 saturated heterocycles. The van der Waals surface area contributed by atoms with Crippen LogP contribution in [0.25, 0.3) is 0 Å². The molecule has 0 unspecified atom stereocenters. The third kappa shape index (κ3) is 3.12. The summed E-state index contributed by atoms with van der Waals surface area (Å²) in [5, 5.41) is 5.35. The molecule has 17 heavy (non-hydrogen) atoms. The largest absolute Gasteiger partial charge is 0.444 e. The van der Waals surface area contributed by atoms with Crippen molar-refractivity contribution in [2.24, 2.45) is 0 Å². The Morgan fingerprint density at radius 2 is 2.29 bits per heavy atom. The minimum atomic E-state index is -0.435. The molecule has 0 bridgehead atoms. The maximum absolute atomic E-state index is 12.0. The van der Waals surface area contributed by atoms with Crippen LogP contribution >= 0.6 is 11.3 Å². The molecule has 2 rings (SSSR count). The third-order valence-electron chi connectivity index (χ3n) is 2.43. The van der Waals surface area contributed by atoms with Crippen molar-refractivity contribution in [3.63, 3.8) is 0 Å². The summed E-state index contributed by atoms with van der Waals surface area (Å²) in [5.41, 5.74) is 0.704. The van der Waals surface area contributed by atoms with Crippen molar-refractivity contribution in [2.45, 2.75) is 32.9 Å². The lowest BCUT2D eigenvalue weighted by molar-refractivity contribution is 0.0246. The summed E-state index contributed by atoms with van der Waals surface area (Å²) in [5.74, 6) is 0. The Morgan fingerprint density at radius 3 is 3.00 bits per heavy atom. The van der Waals surface area contributed by atoms with Gasteiger partial charge in [0.1, 0.15) is 5.60 Å². The lowest BCUT2D eigenvalue weighted by Gasteiger charge is -2.26. The zero-order chi connectivity index (χ0) is 12.5. The summed E-state index contributed by atoms with van der Waals surface area (Å²) in [6, 6.07) is 2.05. The van der Waals surface area contributed by atoms with Crippen molar-refractivity contribution in [3.8, 4) is 0 Å². The molecular weight excluding hydrogens is 236 g/mol. The van der Waals surface area contributed by atoms with Crippen molar-refractivity contribution in [3.05, 3.63) is 16.3 Å². The second-order valence-corrected chi connectivity index (χ2v) is 6.09. The van der Waals surface area contributed by atoms with Crippen LogP contribution in [-0.4, -0.2) is 29.7 Å². The molecule has 1 aromatic rings. The van der Waals surface area contributed by atoms with E-state index in [1.54, 1.807) is 16.2 Å². The number of hydrogen-bond donors (Lipinski definition) is 1. The highest BCUT2D eigenvalue weighted by Gasteiger charge is 2.24. The Labute approximate surface area is 106 Å². The van der Waals surface area contributed by atoms with Gasteiger partial charge in [0.05, 0.1) is 12.2 Å². The quantitative estimate of drug-likeness (QED) is 0.774. The van der Waals surface area contributed by atoms with Gasteiger partial charge in [0.15, 0.2) is 0 Å². The molecule has 1 aliphatic rings. The van der Waals surface area contributed by atoms with Gasteiger partial charge in [-0.25, -0.2) is 4.79 Å². The fraction of sp³-hybridized carbons (Fsp3) is 0.583. The number of hydrogen-bond acceptors (Lipinski definition) is 4. The summed E-state index contributed by atoms with van der Waals surface area (Å²) in [6.45, 7) is 7.74. The first-order chi connectivity index (χ1) is 7.96. The van der Waals surface area contributed by atoms with Crippen molar-refractivity contribution in [1.29, 1.82) is 0 Å². The van der Waals surface area contributed by atoms with E-state index in [1.807, 2.05) is 26.2 Å². The zero-order valence-electron chi connectivity index (χ0n) is 10.4. The molecule has 0 radical (unpaired) electrons. The average molecular weight is 254 g/mol. The Bertz CT molecular complexity index is 409. The highest BCUT2D eigenvalue weighted by atomic mass is 32.1. The van der Waals surface area contributed by atoms with E-state index in [0.29, 0.717) is 13.1 Å². The SMILES string of the molecule is CC(C)(C)OC(=O)N1CCNc2ccsc2C1. The lowest BCUT2D eigenvalue weighted by atomic mass is 10.2.